The number of benzene rings is 2. The number of anilines is 1. The van der Waals surface area contributed by atoms with E-state index < -0.39 is 6.09 Å². The van der Waals surface area contributed by atoms with Gasteiger partial charge in [0.1, 0.15) is 0 Å². The molecule has 1 heterocycles. The number of amides is 2. The van der Waals surface area contributed by atoms with Gasteiger partial charge in [0.05, 0.1) is 12.2 Å². The normalized spacial score (nSPS) is 10.3. The highest BCUT2D eigenvalue weighted by Crippen LogP contribution is 2.15. The van der Waals surface area contributed by atoms with E-state index >= 15 is 0 Å². The van der Waals surface area contributed by atoms with E-state index in [1.165, 1.54) is 4.90 Å². The highest BCUT2D eigenvalue weighted by atomic mass is 16.4. The number of hydrogen-bond donors (Lipinski definition) is 2. The largest absolute Gasteiger partial charge is 0.465 e. The fraction of sp³-hybridized carbons (Fsp3) is 0.0952. The molecular formula is C21H20N4O3. The molecule has 28 heavy (non-hydrogen) atoms. The first-order valence-corrected chi connectivity index (χ1v) is 8.64. The van der Waals surface area contributed by atoms with Crippen LogP contribution in [0.2, 0.25) is 0 Å². The standard InChI is InChI=1S/C21H20N4O3/c22-25(19-6-2-1-3-7-19)20(26)18-10-8-16(9-11-18)14-24(21(27)28)15-17-5-4-12-23-13-17/h1-13H,14-15,22H2,(H,27,28). The SMILES string of the molecule is NN(C(=O)c1ccc(CN(Cc2cccnc2)C(=O)O)cc1)c1ccccc1. The second-order valence-electron chi connectivity index (χ2n) is 6.21. The number of carbonyl (C=O) groups excluding carboxylic acids is 1. The quantitative estimate of drug-likeness (QED) is 0.391. The van der Waals surface area contributed by atoms with E-state index in [1.807, 2.05) is 12.1 Å². The number of hydrogen-bond acceptors (Lipinski definition) is 4. The number of carbonyl (C=O) groups is 2. The van der Waals surface area contributed by atoms with E-state index in [2.05, 4.69) is 4.98 Å². The van der Waals surface area contributed by atoms with Crippen molar-refractivity contribution >= 4 is 17.7 Å². The van der Waals surface area contributed by atoms with E-state index in [-0.39, 0.29) is 19.0 Å². The molecule has 7 heteroatoms. The molecule has 3 aromatic rings. The van der Waals surface area contributed by atoms with Crippen molar-refractivity contribution in [1.29, 1.82) is 0 Å². The zero-order valence-electron chi connectivity index (χ0n) is 15.1. The maximum atomic E-state index is 12.5. The van der Waals surface area contributed by atoms with Crippen molar-refractivity contribution in [1.82, 2.24) is 9.88 Å². The van der Waals surface area contributed by atoms with Crippen LogP contribution in [0.4, 0.5) is 10.5 Å². The highest BCUT2D eigenvalue weighted by molar-refractivity contribution is 6.05. The maximum Gasteiger partial charge on any atom is 0.407 e. The number of nitrogens with two attached hydrogens (primary N) is 1. The van der Waals surface area contributed by atoms with Gasteiger partial charge in [-0.3, -0.25) is 14.7 Å². The zero-order valence-corrected chi connectivity index (χ0v) is 15.1. The Balaban J connectivity index is 1.69. The number of nitrogens with zero attached hydrogens (tertiary/aromatic N) is 3. The number of rotatable bonds is 6. The summed E-state index contributed by atoms with van der Waals surface area (Å²) in [5, 5.41) is 10.6. The van der Waals surface area contributed by atoms with Crippen LogP contribution in [0.3, 0.4) is 0 Å². The van der Waals surface area contributed by atoms with Crippen molar-refractivity contribution < 1.29 is 14.7 Å². The Hall–Kier alpha value is -3.71. The Morgan fingerprint density at radius 2 is 1.57 bits per heavy atom. The van der Waals surface area contributed by atoms with Crippen LogP contribution in [0.1, 0.15) is 21.5 Å². The number of carboxylic acid groups (broad SMARTS) is 1. The lowest BCUT2D eigenvalue weighted by Gasteiger charge is -2.20. The summed E-state index contributed by atoms with van der Waals surface area (Å²) in [7, 11) is 0. The minimum absolute atomic E-state index is 0.198. The summed E-state index contributed by atoms with van der Waals surface area (Å²) < 4.78 is 0. The van der Waals surface area contributed by atoms with E-state index in [0.29, 0.717) is 11.3 Å². The lowest BCUT2D eigenvalue weighted by molar-refractivity contribution is 0.0986. The van der Waals surface area contributed by atoms with Gasteiger partial charge in [-0.25, -0.2) is 15.6 Å². The molecule has 0 atom stereocenters. The summed E-state index contributed by atoms with van der Waals surface area (Å²) in [4.78, 5) is 29.4. The van der Waals surface area contributed by atoms with Crippen molar-refractivity contribution in [2.45, 2.75) is 13.1 Å². The fourth-order valence-electron chi connectivity index (χ4n) is 2.72. The van der Waals surface area contributed by atoms with Gasteiger partial charge in [-0.05, 0) is 41.5 Å². The molecule has 0 fully saturated rings. The molecule has 0 aliphatic rings. The van der Waals surface area contributed by atoms with Crippen LogP contribution in [0.25, 0.3) is 0 Å². The van der Waals surface area contributed by atoms with Crippen LogP contribution in [0.15, 0.2) is 79.1 Å². The van der Waals surface area contributed by atoms with Crippen LogP contribution in [0.5, 0.6) is 0 Å². The van der Waals surface area contributed by atoms with Crippen LogP contribution in [-0.2, 0) is 13.1 Å². The minimum Gasteiger partial charge on any atom is -0.465 e. The fourth-order valence-corrected chi connectivity index (χ4v) is 2.72. The lowest BCUT2D eigenvalue weighted by atomic mass is 10.1. The van der Waals surface area contributed by atoms with E-state index in [9.17, 15) is 14.7 Å². The van der Waals surface area contributed by atoms with E-state index in [4.69, 9.17) is 5.84 Å². The Morgan fingerprint density at radius 3 is 2.18 bits per heavy atom. The zero-order chi connectivity index (χ0) is 19.9. The molecular weight excluding hydrogens is 356 g/mol. The van der Waals surface area contributed by atoms with Crippen molar-refractivity contribution in [3.05, 3.63) is 95.8 Å². The third-order valence-corrected chi connectivity index (χ3v) is 4.19. The first-order valence-electron chi connectivity index (χ1n) is 8.64. The summed E-state index contributed by atoms with van der Waals surface area (Å²) in [6.07, 6.45) is 2.25. The molecule has 0 spiro atoms. The second kappa shape index (κ2) is 8.79. The lowest BCUT2D eigenvalue weighted by Crippen LogP contribution is -2.37. The Morgan fingerprint density at radius 1 is 0.893 bits per heavy atom. The molecule has 0 unspecified atom stereocenters. The van der Waals surface area contributed by atoms with Gasteiger partial charge in [0.15, 0.2) is 0 Å². The number of hydrazine groups is 1. The molecule has 3 rings (SSSR count). The number of pyridine rings is 1. The van der Waals surface area contributed by atoms with Gasteiger partial charge in [-0.1, -0.05) is 36.4 Å². The molecule has 142 valence electrons. The highest BCUT2D eigenvalue weighted by Gasteiger charge is 2.16. The molecule has 2 amide bonds. The van der Waals surface area contributed by atoms with Crippen LogP contribution >= 0.6 is 0 Å². The summed E-state index contributed by atoms with van der Waals surface area (Å²) in [6.45, 7) is 0.429. The summed E-state index contributed by atoms with van der Waals surface area (Å²) in [6, 6.07) is 19.3. The van der Waals surface area contributed by atoms with Gasteiger partial charge < -0.3 is 5.11 Å². The molecule has 0 aliphatic carbocycles. The third-order valence-electron chi connectivity index (χ3n) is 4.19. The number of aromatic nitrogens is 1. The molecule has 0 saturated carbocycles. The molecule has 0 saturated heterocycles. The van der Waals surface area contributed by atoms with Gasteiger partial charge >= 0.3 is 6.09 Å². The maximum absolute atomic E-state index is 12.5. The molecule has 0 bridgehead atoms. The molecule has 1 aromatic heterocycles. The molecule has 7 nitrogen and oxygen atoms in total. The number of para-hydroxylation sites is 1. The van der Waals surface area contributed by atoms with Crippen molar-refractivity contribution in [3.8, 4) is 0 Å². The Labute approximate surface area is 162 Å². The van der Waals surface area contributed by atoms with Gasteiger partial charge in [-0.2, -0.15) is 0 Å². The smallest absolute Gasteiger partial charge is 0.407 e. The topological polar surface area (TPSA) is 99.8 Å². The second-order valence-corrected chi connectivity index (χ2v) is 6.21. The molecule has 0 aliphatic heterocycles. The van der Waals surface area contributed by atoms with Gasteiger partial charge in [0.2, 0.25) is 0 Å². The molecule has 0 radical (unpaired) electrons. The van der Waals surface area contributed by atoms with Crippen LogP contribution < -0.4 is 10.9 Å². The van der Waals surface area contributed by atoms with Crippen LogP contribution in [-0.4, -0.2) is 27.0 Å². The van der Waals surface area contributed by atoms with E-state index in [0.717, 1.165) is 16.1 Å². The van der Waals surface area contributed by atoms with Crippen molar-refractivity contribution in [2.75, 3.05) is 5.01 Å². The summed E-state index contributed by atoms with van der Waals surface area (Å²) >= 11 is 0. The van der Waals surface area contributed by atoms with Crippen LogP contribution in [0, 0.1) is 0 Å². The first kappa shape index (κ1) is 19.1. The molecule has 2 aromatic carbocycles. The average Bonchev–Trinajstić information content (AvgIpc) is 2.74. The van der Waals surface area contributed by atoms with Gasteiger partial charge in [-0.15, -0.1) is 0 Å². The predicted molar refractivity (Wildman–Crippen MR) is 105 cm³/mol. The predicted octanol–water partition coefficient (Wildman–Crippen LogP) is 3.28. The third kappa shape index (κ3) is 4.72. The summed E-state index contributed by atoms with van der Waals surface area (Å²) in [5.74, 6) is 5.56. The van der Waals surface area contributed by atoms with Crippen molar-refractivity contribution in [2.24, 2.45) is 5.84 Å². The average molecular weight is 376 g/mol. The first-order chi connectivity index (χ1) is 13.5. The monoisotopic (exact) mass is 376 g/mol. The van der Waals surface area contributed by atoms with E-state index in [1.54, 1.807) is 67.0 Å². The van der Waals surface area contributed by atoms with Crippen molar-refractivity contribution in [3.63, 3.8) is 0 Å². The minimum atomic E-state index is -1.03. The van der Waals surface area contributed by atoms with Gasteiger partial charge in [0, 0.05) is 24.5 Å². The Bertz CT molecular complexity index is 931. The summed E-state index contributed by atoms with van der Waals surface area (Å²) in [5.41, 5.74) is 2.58. The van der Waals surface area contributed by atoms with Gasteiger partial charge in [0.25, 0.3) is 5.91 Å². The molecule has 3 N–H and O–H groups in total. The Kier molecular flexibility index (Phi) is 5.98.